The molecule has 0 unspecified atom stereocenters. The van der Waals surface area contributed by atoms with Gasteiger partial charge in [0.05, 0.1) is 5.39 Å². The average molecular weight is 282 g/mol. The van der Waals surface area contributed by atoms with Gasteiger partial charge in [0.1, 0.15) is 10.6 Å². The van der Waals surface area contributed by atoms with Gasteiger partial charge in [-0.25, -0.2) is 4.98 Å². The Labute approximate surface area is 115 Å². The fraction of sp³-hybridized carbons (Fsp3) is 0.500. The molecule has 6 heteroatoms. The SMILES string of the molecule is CSC(C)(C)CNc1nc(N)nc2sc(C)cc12. The van der Waals surface area contributed by atoms with Crippen molar-refractivity contribution >= 4 is 45.1 Å². The highest BCUT2D eigenvalue weighted by Gasteiger charge is 2.17. The van der Waals surface area contributed by atoms with Crippen molar-refractivity contribution in [3.63, 3.8) is 0 Å². The topological polar surface area (TPSA) is 63.8 Å². The molecule has 2 aromatic rings. The Morgan fingerprint density at radius 1 is 1.44 bits per heavy atom. The van der Waals surface area contributed by atoms with Crippen molar-refractivity contribution in [1.29, 1.82) is 0 Å². The zero-order valence-electron chi connectivity index (χ0n) is 11.1. The Morgan fingerprint density at radius 2 is 2.17 bits per heavy atom. The quantitative estimate of drug-likeness (QED) is 0.902. The number of nitrogens with two attached hydrogens (primary N) is 1. The molecule has 0 saturated heterocycles. The van der Waals surface area contributed by atoms with Crippen LogP contribution < -0.4 is 11.1 Å². The number of hydrogen-bond donors (Lipinski definition) is 2. The predicted octanol–water partition coefficient (Wildman–Crippen LogP) is 3.14. The highest BCUT2D eigenvalue weighted by Crippen LogP contribution is 2.30. The van der Waals surface area contributed by atoms with E-state index in [2.05, 4.69) is 48.4 Å². The van der Waals surface area contributed by atoms with Crippen LogP contribution in [0.15, 0.2) is 6.07 Å². The number of thiophene rings is 1. The van der Waals surface area contributed by atoms with E-state index in [1.54, 1.807) is 11.3 Å². The van der Waals surface area contributed by atoms with Gasteiger partial charge in [0, 0.05) is 16.2 Å². The van der Waals surface area contributed by atoms with Gasteiger partial charge in [-0.1, -0.05) is 0 Å². The summed E-state index contributed by atoms with van der Waals surface area (Å²) in [6, 6.07) is 2.11. The van der Waals surface area contributed by atoms with Gasteiger partial charge in [0.25, 0.3) is 0 Å². The van der Waals surface area contributed by atoms with Crippen molar-refractivity contribution in [3.8, 4) is 0 Å². The van der Waals surface area contributed by atoms with E-state index in [0.717, 1.165) is 22.6 Å². The van der Waals surface area contributed by atoms with Crippen LogP contribution in [0.4, 0.5) is 11.8 Å². The number of nitrogen functional groups attached to an aromatic ring is 1. The minimum atomic E-state index is 0.164. The van der Waals surface area contributed by atoms with E-state index in [1.807, 2.05) is 11.8 Å². The van der Waals surface area contributed by atoms with Gasteiger partial charge in [0.15, 0.2) is 0 Å². The molecule has 0 aliphatic heterocycles. The van der Waals surface area contributed by atoms with Crippen molar-refractivity contribution in [3.05, 3.63) is 10.9 Å². The summed E-state index contributed by atoms with van der Waals surface area (Å²) in [6.45, 7) is 7.31. The summed E-state index contributed by atoms with van der Waals surface area (Å²) < 4.78 is 0.164. The first-order valence-corrected chi connectivity index (χ1v) is 7.78. The van der Waals surface area contributed by atoms with Gasteiger partial charge in [-0.3, -0.25) is 0 Å². The number of rotatable bonds is 4. The summed E-state index contributed by atoms with van der Waals surface area (Å²) in [6.07, 6.45) is 2.11. The number of aromatic nitrogens is 2. The molecule has 18 heavy (non-hydrogen) atoms. The lowest BCUT2D eigenvalue weighted by atomic mass is 10.2. The highest BCUT2D eigenvalue weighted by molar-refractivity contribution is 7.99. The Bertz CT molecular complexity index is 562. The minimum absolute atomic E-state index is 0.164. The lowest BCUT2D eigenvalue weighted by molar-refractivity contribution is 0.751. The number of nitrogens with one attached hydrogen (secondary N) is 1. The standard InChI is InChI=1S/C12H18N4S2/c1-7-5-8-9(14-6-12(2,3)17-4)15-11(13)16-10(8)18-7/h5H,6H2,1-4H3,(H3,13,14,15,16). The van der Waals surface area contributed by atoms with Gasteiger partial charge >= 0.3 is 0 Å². The summed E-state index contributed by atoms with van der Waals surface area (Å²) in [7, 11) is 0. The molecule has 0 spiro atoms. The first kappa shape index (κ1) is 13.4. The second kappa shape index (κ2) is 4.93. The van der Waals surface area contributed by atoms with E-state index in [9.17, 15) is 0 Å². The molecule has 0 atom stereocenters. The molecule has 0 aromatic carbocycles. The monoisotopic (exact) mass is 282 g/mol. The predicted molar refractivity (Wildman–Crippen MR) is 82.6 cm³/mol. The maximum atomic E-state index is 5.75. The van der Waals surface area contributed by atoms with Crippen LogP contribution in [0.25, 0.3) is 10.2 Å². The molecule has 4 nitrogen and oxygen atoms in total. The molecule has 98 valence electrons. The van der Waals surface area contributed by atoms with Crippen molar-refractivity contribution in [2.24, 2.45) is 0 Å². The minimum Gasteiger partial charge on any atom is -0.368 e. The Morgan fingerprint density at radius 3 is 2.83 bits per heavy atom. The summed E-state index contributed by atoms with van der Waals surface area (Å²) in [5.41, 5.74) is 5.75. The molecule has 0 radical (unpaired) electrons. The average Bonchev–Trinajstić information content (AvgIpc) is 2.66. The van der Waals surface area contributed by atoms with Crippen molar-refractivity contribution in [2.75, 3.05) is 23.9 Å². The molecule has 0 bridgehead atoms. The maximum Gasteiger partial charge on any atom is 0.223 e. The lowest BCUT2D eigenvalue weighted by Gasteiger charge is -2.22. The van der Waals surface area contributed by atoms with E-state index in [1.165, 1.54) is 4.88 Å². The Kier molecular flexibility index (Phi) is 3.68. The van der Waals surface area contributed by atoms with Gasteiger partial charge in [0.2, 0.25) is 5.95 Å². The highest BCUT2D eigenvalue weighted by atomic mass is 32.2. The molecule has 0 aliphatic rings. The van der Waals surface area contributed by atoms with Gasteiger partial charge in [-0.2, -0.15) is 16.7 Å². The van der Waals surface area contributed by atoms with Gasteiger partial charge in [-0.15, -0.1) is 11.3 Å². The number of nitrogens with zero attached hydrogens (tertiary/aromatic N) is 2. The van der Waals surface area contributed by atoms with Crippen molar-refractivity contribution in [1.82, 2.24) is 9.97 Å². The first-order chi connectivity index (χ1) is 8.41. The second-order valence-corrected chi connectivity index (χ2v) is 7.57. The number of fused-ring (bicyclic) bond motifs is 1. The summed E-state index contributed by atoms with van der Waals surface area (Å²) in [5, 5.41) is 4.45. The fourth-order valence-electron chi connectivity index (χ4n) is 1.56. The number of thioether (sulfide) groups is 1. The van der Waals surface area contributed by atoms with Gasteiger partial charge < -0.3 is 11.1 Å². The lowest BCUT2D eigenvalue weighted by Crippen LogP contribution is -2.26. The molecule has 2 aromatic heterocycles. The third-order valence-electron chi connectivity index (χ3n) is 2.77. The molecule has 0 fully saturated rings. The van der Waals surface area contributed by atoms with Crippen molar-refractivity contribution in [2.45, 2.75) is 25.5 Å². The van der Waals surface area contributed by atoms with E-state index < -0.39 is 0 Å². The summed E-state index contributed by atoms with van der Waals surface area (Å²) >= 11 is 3.47. The molecule has 0 amide bonds. The van der Waals surface area contributed by atoms with Crippen LogP contribution in [0.1, 0.15) is 18.7 Å². The normalized spacial score (nSPS) is 12.0. The van der Waals surface area contributed by atoms with Crippen LogP contribution in [0.2, 0.25) is 0 Å². The number of hydrogen-bond acceptors (Lipinski definition) is 6. The number of anilines is 2. The zero-order valence-corrected chi connectivity index (χ0v) is 12.7. The van der Waals surface area contributed by atoms with E-state index >= 15 is 0 Å². The molecule has 0 saturated carbocycles. The third kappa shape index (κ3) is 2.87. The Hall–Kier alpha value is -1.01. The number of aryl methyl sites for hydroxylation is 1. The fourth-order valence-corrected chi connectivity index (χ4v) is 2.66. The van der Waals surface area contributed by atoms with Gasteiger partial charge in [-0.05, 0) is 33.1 Å². The Balaban J connectivity index is 2.32. The molecule has 3 N–H and O–H groups in total. The molecular weight excluding hydrogens is 264 g/mol. The van der Waals surface area contributed by atoms with Crippen LogP contribution in [0.5, 0.6) is 0 Å². The van der Waals surface area contributed by atoms with E-state index in [-0.39, 0.29) is 4.75 Å². The van der Waals surface area contributed by atoms with Crippen LogP contribution in [-0.2, 0) is 0 Å². The third-order valence-corrected chi connectivity index (χ3v) is 4.96. The summed E-state index contributed by atoms with van der Waals surface area (Å²) in [4.78, 5) is 10.7. The first-order valence-electron chi connectivity index (χ1n) is 5.74. The van der Waals surface area contributed by atoms with Crippen molar-refractivity contribution < 1.29 is 0 Å². The van der Waals surface area contributed by atoms with Crippen LogP contribution in [0.3, 0.4) is 0 Å². The largest absolute Gasteiger partial charge is 0.368 e. The zero-order chi connectivity index (χ0) is 13.3. The molecule has 2 rings (SSSR count). The van der Waals surface area contributed by atoms with E-state index in [4.69, 9.17) is 5.73 Å². The van der Waals surface area contributed by atoms with E-state index in [0.29, 0.717) is 5.95 Å². The van der Waals surface area contributed by atoms with Crippen LogP contribution in [-0.4, -0.2) is 27.5 Å². The molecular formula is C12H18N4S2. The smallest absolute Gasteiger partial charge is 0.223 e. The van der Waals surface area contributed by atoms with Crippen LogP contribution in [0, 0.1) is 6.92 Å². The maximum absolute atomic E-state index is 5.75. The summed E-state index contributed by atoms with van der Waals surface area (Å²) in [5.74, 6) is 1.16. The van der Waals surface area contributed by atoms with Crippen LogP contribution >= 0.6 is 23.1 Å². The molecule has 0 aliphatic carbocycles. The second-order valence-electron chi connectivity index (χ2n) is 4.82. The molecule has 2 heterocycles.